The summed E-state index contributed by atoms with van der Waals surface area (Å²) >= 11 is 0. The Balaban J connectivity index is 2.19. The van der Waals surface area contributed by atoms with Crippen LogP contribution in [0.15, 0.2) is 42.6 Å². The van der Waals surface area contributed by atoms with Crippen LogP contribution in [0.4, 0.5) is 0 Å². The monoisotopic (exact) mass is 254 g/mol. The summed E-state index contributed by atoms with van der Waals surface area (Å²) < 4.78 is 0. The van der Waals surface area contributed by atoms with E-state index in [1.54, 1.807) is 0 Å². The first-order chi connectivity index (χ1) is 9.20. The Labute approximate surface area is 115 Å². The molecule has 0 saturated carbocycles. The maximum atomic E-state index is 4.47. The van der Waals surface area contributed by atoms with E-state index in [0.717, 1.165) is 18.7 Å². The first-order valence-electron chi connectivity index (χ1n) is 6.91. The molecule has 2 aromatic rings. The van der Waals surface area contributed by atoms with E-state index >= 15 is 0 Å². The minimum Gasteiger partial charge on any atom is -0.309 e. The van der Waals surface area contributed by atoms with Crippen LogP contribution < -0.4 is 5.32 Å². The molecular formula is C17H22N2. The molecule has 1 aromatic heterocycles. The van der Waals surface area contributed by atoms with Crippen LogP contribution in [-0.4, -0.2) is 11.5 Å². The lowest BCUT2D eigenvalue weighted by Crippen LogP contribution is -2.23. The molecule has 19 heavy (non-hydrogen) atoms. The first-order valence-corrected chi connectivity index (χ1v) is 6.91. The second-order valence-electron chi connectivity index (χ2n) is 4.99. The molecule has 0 bridgehead atoms. The molecule has 0 aliphatic rings. The summed E-state index contributed by atoms with van der Waals surface area (Å²) in [7, 11) is 0. The molecule has 0 amide bonds. The standard InChI is InChI=1S/C17H22N2/c1-4-18-17(16-7-5-6-10-19-16)12-15-9-8-13(2)14(3)11-15/h5-11,17-18H,4,12H2,1-3H3. The number of benzene rings is 1. The van der Waals surface area contributed by atoms with Crippen molar-refractivity contribution >= 4 is 0 Å². The third-order valence-electron chi connectivity index (χ3n) is 3.51. The maximum Gasteiger partial charge on any atom is 0.0576 e. The summed E-state index contributed by atoms with van der Waals surface area (Å²) in [5.41, 5.74) is 5.18. The van der Waals surface area contributed by atoms with E-state index in [9.17, 15) is 0 Å². The van der Waals surface area contributed by atoms with Crippen LogP contribution in [0.5, 0.6) is 0 Å². The Morgan fingerprint density at radius 2 is 1.95 bits per heavy atom. The van der Waals surface area contributed by atoms with Gasteiger partial charge in [-0.05, 0) is 55.6 Å². The molecular weight excluding hydrogens is 232 g/mol. The fraction of sp³-hybridized carbons (Fsp3) is 0.353. The SMILES string of the molecule is CCNC(Cc1ccc(C)c(C)c1)c1ccccn1. The lowest BCUT2D eigenvalue weighted by atomic mass is 9.99. The summed E-state index contributed by atoms with van der Waals surface area (Å²) in [4.78, 5) is 4.47. The average molecular weight is 254 g/mol. The zero-order valence-electron chi connectivity index (χ0n) is 12.0. The van der Waals surface area contributed by atoms with Crippen molar-refractivity contribution in [3.8, 4) is 0 Å². The second kappa shape index (κ2) is 6.48. The smallest absolute Gasteiger partial charge is 0.0576 e. The van der Waals surface area contributed by atoms with Gasteiger partial charge in [0.05, 0.1) is 11.7 Å². The number of likely N-dealkylation sites (N-methyl/N-ethyl adjacent to an activating group) is 1. The van der Waals surface area contributed by atoms with Crippen LogP contribution in [0.1, 0.15) is 35.3 Å². The molecule has 0 fully saturated rings. The number of nitrogens with zero attached hydrogens (tertiary/aromatic N) is 1. The maximum absolute atomic E-state index is 4.47. The number of aryl methyl sites for hydroxylation is 2. The van der Waals surface area contributed by atoms with Gasteiger partial charge in [0.1, 0.15) is 0 Å². The van der Waals surface area contributed by atoms with Crippen molar-refractivity contribution in [3.05, 3.63) is 65.0 Å². The Morgan fingerprint density at radius 3 is 2.58 bits per heavy atom. The molecule has 0 radical (unpaired) electrons. The van der Waals surface area contributed by atoms with Crippen LogP contribution in [0, 0.1) is 13.8 Å². The van der Waals surface area contributed by atoms with Gasteiger partial charge >= 0.3 is 0 Å². The Bertz CT molecular complexity index is 520. The molecule has 0 aliphatic carbocycles. The molecule has 2 rings (SSSR count). The van der Waals surface area contributed by atoms with E-state index in [2.05, 4.69) is 55.3 Å². The van der Waals surface area contributed by atoms with Crippen LogP contribution in [-0.2, 0) is 6.42 Å². The van der Waals surface area contributed by atoms with Crippen molar-refractivity contribution in [3.63, 3.8) is 0 Å². The molecule has 0 saturated heterocycles. The Kier molecular flexibility index (Phi) is 4.69. The highest BCUT2D eigenvalue weighted by atomic mass is 14.9. The largest absolute Gasteiger partial charge is 0.309 e. The number of hydrogen-bond donors (Lipinski definition) is 1. The highest BCUT2D eigenvalue weighted by Gasteiger charge is 2.12. The van der Waals surface area contributed by atoms with Gasteiger partial charge in [-0.15, -0.1) is 0 Å². The molecule has 1 heterocycles. The van der Waals surface area contributed by atoms with E-state index in [4.69, 9.17) is 0 Å². The van der Waals surface area contributed by atoms with Crippen molar-refractivity contribution in [1.82, 2.24) is 10.3 Å². The zero-order chi connectivity index (χ0) is 13.7. The van der Waals surface area contributed by atoms with Crippen molar-refractivity contribution in [2.45, 2.75) is 33.2 Å². The molecule has 0 aliphatic heterocycles. The number of hydrogen-bond acceptors (Lipinski definition) is 2. The van der Waals surface area contributed by atoms with Gasteiger partial charge in [-0.1, -0.05) is 31.2 Å². The van der Waals surface area contributed by atoms with E-state index in [1.807, 2.05) is 18.3 Å². The molecule has 1 unspecified atom stereocenters. The summed E-state index contributed by atoms with van der Waals surface area (Å²) in [5, 5.41) is 3.52. The number of aromatic nitrogens is 1. The van der Waals surface area contributed by atoms with E-state index in [0.29, 0.717) is 0 Å². The van der Waals surface area contributed by atoms with Crippen LogP contribution in [0.25, 0.3) is 0 Å². The van der Waals surface area contributed by atoms with Crippen molar-refractivity contribution < 1.29 is 0 Å². The predicted octanol–water partition coefficient (Wildman–Crippen LogP) is 3.59. The topological polar surface area (TPSA) is 24.9 Å². The summed E-state index contributed by atoms with van der Waals surface area (Å²) in [6.45, 7) is 7.41. The van der Waals surface area contributed by atoms with E-state index in [1.165, 1.54) is 16.7 Å². The molecule has 1 aromatic carbocycles. The minimum atomic E-state index is 0.285. The number of pyridine rings is 1. The van der Waals surface area contributed by atoms with Crippen molar-refractivity contribution in [1.29, 1.82) is 0 Å². The number of nitrogens with one attached hydrogen (secondary N) is 1. The third kappa shape index (κ3) is 3.65. The quantitative estimate of drug-likeness (QED) is 0.882. The van der Waals surface area contributed by atoms with Crippen LogP contribution in [0.3, 0.4) is 0 Å². The van der Waals surface area contributed by atoms with Gasteiger partial charge in [0, 0.05) is 6.20 Å². The summed E-state index contributed by atoms with van der Waals surface area (Å²) in [5.74, 6) is 0. The second-order valence-corrected chi connectivity index (χ2v) is 4.99. The average Bonchev–Trinajstić information content (AvgIpc) is 2.43. The summed E-state index contributed by atoms with van der Waals surface area (Å²) in [6.07, 6.45) is 2.84. The van der Waals surface area contributed by atoms with Gasteiger partial charge in [0.25, 0.3) is 0 Å². The highest BCUT2D eigenvalue weighted by molar-refractivity contribution is 5.31. The van der Waals surface area contributed by atoms with Crippen LogP contribution >= 0.6 is 0 Å². The Hall–Kier alpha value is -1.67. The van der Waals surface area contributed by atoms with E-state index < -0.39 is 0 Å². The molecule has 2 nitrogen and oxygen atoms in total. The van der Waals surface area contributed by atoms with Gasteiger partial charge in [-0.3, -0.25) is 4.98 Å². The van der Waals surface area contributed by atoms with Gasteiger partial charge < -0.3 is 5.32 Å². The molecule has 100 valence electrons. The van der Waals surface area contributed by atoms with Crippen molar-refractivity contribution in [2.24, 2.45) is 0 Å². The van der Waals surface area contributed by atoms with Gasteiger partial charge in [-0.2, -0.15) is 0 Å². The molecule has 0 spiro atoms. The lowest BCUT2D eigenvalue weighted by molar-refractivity contribution is 0.536. The van der Waals surface area contributed by atoms with Gasteiger partial charge in [0.2, 0.25) is 0 Å². The van der Waals surface area contributed by atoms with Gasteiger partial charge in [-0.25, -0.2) is 0 Å². The first kappa shape index (κ1) is 13.8. The summed E-state index contributed by atoms with van der Waals surface area (Å²) in [6, 6.07) is 13.1. The minimum absolute atomic E-state index is 0.285. The van der Waals surface area contributed by atoms with E-state index in [-0.39, 0.29) is 6.04 Å². The number of rotatable bonds is 5. The third-order valence-corrected chi connectivity index (χ3v) is 3.51. The zero-order valence-corrected chi connectivity index (χ0v) is 12.0. The Morgan fingerprint density at radius 1 is 1.11 bits per heavy atom. The fourth-order valence-electron chi connectivity index (χ4n) is 2.28. The molecule has 1 N–H and O–H groups in total. The normalized spacial score (nSPS) is 12.4. The predicted molar refractivity (Wildman–Crippen MR) is 80.3 cm³/mol. The van der Waals surface area contributed by atoms with Crippen molar-refractivity contribution in [2.75, 3.05) is 6.54 Å². The highest BCUT2D eigenvalue weighted by Crippen LogP contribution is 2.18. The molecule has 1 atom stereocenters. The molecule has 2 heteroatoms. The van der Waals surface area contributed by atoms with Gasteiger partial charge in [0.15, 0.2) is 0 Å². The van der Waals surface area contributed by atoms with Crippen LogP contribution in [0.2, 0.25) is 0 Å². The lowest BCUT2D eigenvalue weighted by Gasteiger charge is -2.18. The fourth-order valence-corrected chi connectivity index (χ4v) is 2.28.